The molecule has 1 heterocycles. The molecule has 0 fully saturated rings. The largest absolute Gasteiger partial charge is 0.377 e. The SMILES string of the molecule is Cc1cc(NC(C)c2ccc(Cl)cc2)cnc1Cl. The van der Waals surface area contributed by atoms with Gasteiger partial charge in [-0.05, 0) is 43.2 Å². The number of pyridine rings is 1. The zero-order valence-electron chi connectivity index (χ0n) is 10.2. The molecule has 2 rings (SSSR count). The maximum absolute atomic E-state index is 5.90. The molecule has 1 N–H and O–H groups in total. The van der Waals surface area contributed by atoms with E-state index in [2.05, 4.69) is 17.2 Å². The van der Waals surface area contributed by atoms with Gasteiger partial charge in [-0.1, -0.05) is 35.3 Å². The first kappa shape index (κ1) is 13.2. The lowest BCUT2D eigenvalue weighted by Crippen LogP contribution is -2.06. The summed E-state index contributed by atoms with van der Waals surface area (Å²) in [6, 6.07) is 9.97. The minimum atomic E-state index is 0.185. The summed E-state index contributed by atoms with van der Waals surface area (Å²) in [4.78, 5) is 4.12. The van der Waals surface area contributed by atoms with Crippen LogP contribution in [0.1, 0.15) is 24.1 Å². The van der Waals surface area contributed by atoms with Gasteiger partial charge in [-0.15, -0.1) is 0 Å². The Bertz CT molecular complexity index is 538. The molecule has 0 aliphatic heterocycles. The Morgan fingerprint density at radius 3 is 2.44 bits per heavy atom. The highest BCUT2D eigenvalue weighted by atomic mass is 35.5. The van der Waals surface area contributed by atoms with Crippen molar-refractivity contribution in [3.63, 3.8) is 0 Å². The van der Waals surface area contributed by atoms with Crippen LogP contribution in [0.2, 0.25) is 10.2 Å². The highest BCUT2D eigenvalue weighted by Gasteiger charge is 2.06. The molecule has 1 atom stereocenters. The number of hydrogen-bond acceptors (Lipinski definition) is 2. The predicted octanol–water partition coefficient (Wildman–Crippen LogP) is 4.87. The van der Waals surface area contributed by atoms with Crippen LogP contribution in [0.4, 0.5) is 5.69 Å². The predicted molar refractivity (Wildman–Crippen MR) is 77.5 cm³/mol. The maximum atomic E-state index is 5.90. The Balaban J connectivity index is 2.13. The molecule has 0 aliphatic carbocycles. The third-order valence-corrected chi connectivity index (χ3v) is 3.42. The van der Waals surface area contributed by atoms with Gasteiger partial charge in [0.2, 0.25) is 0 Å². The van der Waals surface area contributed by atoms with Gasteiger partial charge >= 0.3 is 0 Å². The summed E-state index contributed by atoms with van der Waals surface area (Å²) in [7, 11) is 0. The number of nitrogens with one attached hydrogen (secondary N) is 1. The van der Waals surface area contributed by atoms with Crippen molar-refractivity contribution in [1.29, 1.82) is 0 Å². The van der Waals surface area contributed by atoms with Gasteiger partial charge in [0, 0.05) is 11.1 Å². The van der Waals surface area contributed by atoms with E-state index in [1.165, 1.54) is 5.56 Å². The molecule has 1 aromatic carbocycles. The normalized spacial score (nSPS) is 12.2. The second kappa shape index (κ2) is 5.59. The first-order valence-electron chi connectivity index (χ1n) is 5.70. The van der Waals surface area contributed by atoms with Crippen molar-refractivity contribution in [2.75, 3.05) is 5.32 Å². The highest BCUT2D eigenvalue weighted by Crippen LogP contribution is 2.22. The fraction of sp³-hybridized carbons (Fsp3) is 0.214. The summed E-state index contributed by atoms with van der Waals surface area (Å²) in [6.45, 7) is 4.03. The molecule has 4 heteroatoms. The standard InChI is InChI=1S/C14H14Cl2N2/c1-9-7-13(8-17-14(9)16)18-10(2)11-3-5-12(15)6-4-11/h3-8,10,18H,1-2H3. The van der Waals surface area contributed by atoms with Crippen LogP contribution in [0.25, 0.3) is 0 Å². The summed E-state index contributed by atoms with van der Waals surface area (Å²) in [5.41, 5.74) is 3.09. The van der Waals surface area contributed by atoms with Crippen molar-refractivity contribution in [2.45, 2.75) is 19.9 Å². The summed E-state index contributed by atoms with van der Waals surface area (Å²) >= 11 is 11.8. The number of hydrogen-bond donors (Lipinski definition) is 1. The molecule has 0 bridgehead atoms. The number of rotatable bonds is 3. The number of anilines is 1. The van der Waals surface area contributed by atoms with E-state index in [9.17, 15) is 0 Å². The van der Waals surface area contributed by atoms with E-state index in [1.807, 2.05) is 37.3 Å². The van der Waals surface area contributed by atoms with Crippen LogP contribution < -0.4 is 5.32 Å². The van der Waals surface area contributed by atoms with Gasteiger partial charge in [0.15, 0.2) is 0 Å². The summed E-state index contributed by atoms with van der Waals surface area (Å²) < 4.78 is 0. The second-order valence-electron chi connectivity index (χ2n) is 4.25. The van der Waals surface area contributed by atoms with Crippen LogP contribution in [0.15, 0.2) is 36.5 Å². The monoisotopic (exact) mass is 280 g/mol. The average Bonchev–Trinajstić information content (AvgIpc) is 2.34. The van der Waals surface area contributed by atoms with Crippen molar-refractivity contribution in [3.05, 3.63) is 57.8 Å². The molecule has 0 radical (unpaired) electrons. The lowest BCUT2D eigenvalue weighted by Gasteiger charge is -2.16. The van der Waals surface area contributed by atoms with Crippen LogP contribution >= 0.6 is 23.2 Å². The molecule has 2 nitrogen and oxygen atoms in total. The van der Waals surface area contributed by atoms with E-state index in [4.69, 9.17) is 23.2 Å². The topological polar surface area (TPSA) is 24.9 Å². The highest BCUT2D eigenvalue weighted by molar-refractivity contribution is 6.30. The third-order valence-electron chi connectivity index (χ3n) is 2.77. The molecular weight excluding hydrogens is 267 g/mol. The minimum absolute atomic E-state index is 0.185. The Morgan fingerprint density at radius 2 is 1.83 bits per heavy atom. The molecule has 0 amide bonds. The quantitative estimate of drug-likeness (QED) is 0.812. The van der Waals surface area contributed by atoms with E-state index in [1.54, 1.807) is 6.20 Å². The van der Waals surface area contributed by atoms with Crippen LogP contribution in [-0.4, -0.2) is 4.98 Å². The van der Waals surface area contributed by atoms with Crippen molar-refractivity contribution >= 4 is 28.9 Å². The molecule has 1 unspecified atom stereocenters. The van der Waals surface area contributed by atoms with E-state index in [0.29, 0.717) is 5.15 Å². The smallest absolute Gasteiger partial charge is 0.132 e. The molecule has 0 aliphatic rings. The Labute approximate surface area is 117 Å². The van der Waals surface area contributed by atoms with Crippen molar-refractivity contribution in [3.8, 4) is 0 Å². The van der Waals surface area contributed by atoms with Crippen LogP contribution in [0.5, 0.6) is 0 Å². The molecule has 18 heavy (non-hydrogen) atoms. The molecule has 0 saturated heterocycles. The number of halogens is 2. The molecule has 94 valence electrons. The number of nitrogens with zero attached hydrogens (tertiary/aromatic N) is 1. The Morgan fingerprint density at radius 1 is 1.17 bits per heavy atom. The molecule has 0 spiro atoms. The first-order valence-corrected chi connectivity index (χ1v) is 6.46. The second-order valence-corrected chi connectivity index (χ2v) is 5.04. The van der Waals surface area contributed by atoms with Gasteiger partial charge in [-0.2, -0.15) is 0 Å². The summed E-state index contributed by atoms with van der Waals surface area (Å²) in [6.07, 6.45) is 1.74. The van der Waals surface area contributed by atoms with Gasteiger partial charge in [-0.25, -0.2) is 4.98 Å². The lowest BCUT2D eigenvalue weighted by atomic mass is 10.1. The van der Waals surface area contributed by atoms with Crippen molar-refractivity contribution < 1.29 is 0 Å². The maximum Gasteiger partial charge on any atom is 0.132 e. The van der Waals surface area contributed by atoms with Crippen molar-refractivity contribution in [2.24, 2.45) is 0 Å². The van der Waals surface area contributed by atoms with Gasteiger partial charge < -0.3 is 5.32 Å². The van der Waals surface area contributed by atoms with Gasteiger partial charge in [-0.3, -0.25) is 0 Å². The zero-order chi connectivity index (χ0) is 13.1. The molecule has 1 aromatic heterocycles. The molecule has 2 aromatic rings. The average molecular weight is 281 g/mol. The van der Waals surface area contributed by atoms with Gasteiger partial charge in [0.05, 0.1) is 11.9 Å². The molecule has 0 saturated carbocycles. The lowest BCUT2D eigenvalue weighted by molar-refractivity contribution is 0.882. The fourth-order valence-corrected chi connectivity index (χ4v) is 1.95. The zero-order valence-corrected chi connectivity index (χ0v) is 11.8. The Hall–Kier alpha value is -1.25. The molecular formula is C14H14Cl2N2. The minimum Gasteiger partial charge on any atom is -0.377 e. The van der Waals surface area contributed by atoms with Crippen LogP contribution in [0, 0.1) is 6.92 Å². The van der Waals surface area contributed by atoms with E-state index < -0.39 is 0 Å². The fourth-order valence-electron chi connectivity index (χ4n) is 1.72. The summed E-state index contributed by atoms with van der Waals surface area (Å²) in [5, 5.41) is 4.67. The number of aryl methyl sites for hydroxylation is 1. The number of aromatic nitrogens is 1. The van der Waals surface area contributed by atoms with Crippen LogP contribution in [-0.2, 0) is 0 Å². The first-order chi connectivity index (χ1) is 8.56. The van der Waals surface area contributed by atoms with E-state index >= 15 is 0 Å². The van der Waals surface area contributed by atoms with E-state index in [0.717, 1.165) is 16.3 Å². The summed E-state index contributed by atoms with van der Waals surface area (Å²) in [5.74, 6) is 0. The third kappa shape index (κ3) is 3.15. The van der Waals surface area contributed by atoms with Crippen molar-refractivity contribution in [1.82, 2.24) is 4.98 Å². The Kier molecular flexibility index (Phi) is 4.10. The van der Waals surface area contributed by atoms with Crippen LogP contribution in [0.3, 0.4) is 0 Å². The van der Waals surface area contributed by atoms with Gasteiger partial charge in [0.25, 0.3) is 0 Å². The number of benzene rings is 1. The van der Waals surface area contributed by atoms with Gasteiger partial charge in [0.1, 0.15) is 5.15 Å². The van der Waals surface area contributed by atoms with E-state index in [-0.39, 0.29) is 6.04 Å².